The van der Waals surface area contributed by atoms with Crippen molar-refractivity contribution in [1.82, 2.24) is 9.97 Å². The van der Waals surface area contributed by atoms with Crippen LogP contribution in [0, 0.1) is 19.8 Å². The Morgan fingerprint density at radius 2 is 1.80 bits per heavy atom. The van der Waals surface area contributed by atoms with E-state index in [4.69, 9.17) is 0 Å². The van der Waals surface area contributed by atoms with Gasteiger partial charge >= 0.3 is 0 Å². The summed E-state index contributed by atoms with van der Waals surface area (Å²) in [6.07, 6.45) is 1.60. The Bertz CT molecular complexity index is 738. The summed E-state index contributed by atoms with van der Waals surface area (Å²) in [5, 5.41) is 3.30. The van der Waals surface area contributed by atoms with E-state index in [9.17, 15) is 0 Å². The minimum Gasteiger partial charge on any atom is -0.365 e. The van der Waals surface area contributed by atoms with E-state index >= 15 is 4.39 Å². The molecule has 0 aliphatic carbocycles. The molecule has 0 aliphatic rings. The van der Waals surface area contributed by atoms with Crippen molar-refractivity contribution in [2.45, 2.75) is 54.0 Å². The minimum atomic E-state index is -0.176. The number of rotatable bonds is 7. The van der Waals surface area contributed by atoms with E-state index in [-0.39, 0.29) is 11.7 Å². The number of benzene rings is 1. The quantitative estimate of drug-likeness (QED) is 0.687. The SMILES string of the molecule is CC/C(=C(\F)c1c(C)nc(C)nc1NCc1ccccc1)C(C)CC. The molecule has 1 atom stereocenters. The Hall–Kier alpha value is -2.23. The van der Waals surface area contributed by atoms with Crippen molar-refractivity contribution in [3.05, 3.63) is 58.6 Å². The first-order chi connectivity index (χ1) is 12.0. The zero-order valence-electron chi connectivity index (χ0n) is 15.9. The Morgan fingerprint density at radius 3 is 2.40 bits per heavy atom. The van der Waals surface area contributed by atoms with Crippen molar-refractivity contribution >= 4 is 11.6 Å². The monoisotopic (exact) mass is 341 g/mol. The Labute approximate surface area is 150 Å². The van der Waals surface area contributed by atoms with Gasteiger partial charge in [0.1, 0.15) is 17.5 Å². The highest BCUT2D eigenvalue weighted by Gasteiger charge is 2.20. The number of aromatic nitrogens is 2. The number of hydrogen-bond acceptors (Lipinski definition) is 3. The van der Waals surface area contributed by atoms with Crippen molar-refractivity contribution in [2.24, 2.45) is 5.92 Å². The lowest BCUT2D eigenvalue weighted by atomic mass is 9.93. The number of hydrogen-bond donors (Lipinski definition) is 1. The van der Waals surface area contributed by atoms with Gasteiger partial charge in [-0.25, -0.2) is 14.4 Å². The van der Waals surface area contributed by atoms with Crippen molar-refractivity contribution in [3.8, 4) is 0 Å². The summed E-state index contributed by atoms with van der Waals surface area (Å²) in [4.78, 5) is 8.86. The van der Waals surface area contributed by atoms with Crippen LogP contribution >= 0.6 is 0 Å². The molecule has 0 fully saturated rings. The average molecular weight is 341 g/mol. The van der Waals surface area contributed by atoms with Gasteiger partial charge in [-0.3, -0.25) is 0 Å². The first-order valence-corrected chi connectivity index (χ1v) is 8.99. The van der Waals surface area contributed by atoms with Crippen molar-refractivity contribution in [2.75, 3.05) is 5.32 Å². The highest BCUT2D eigenvalue weighted by molar-refractivity contribution is 5.73. The molecule has 1 N–H and O–H groups in total. The van der Waals surface area contributed by atoms with Crippen LogP contribution in [0.1, 0.15) is 56.3 Å². The van der Waals surface area contributed by atoms with E-state index in [0.29, 0.717) is 35.9 Å². The summed E-state index contributed by atoms with van der Waals surface area (Å²) < 4.78 is 15.4. The highest BCUT2D eigenvalue weighted by atomic mass is 19.1. The largest absolute Gasteiger partial charge is 0.365 e. The summed E-state index contributed by atoms with van der Waals surface area (Å²) in [7, 11) is 0. The van der Waals surface area contributed by atoms with E-state index in [0.717, 1.165) is 17.6 Å². The van der Waals surface area contributed by atoms with E-state index < -0.39 is 0 Å². The van der Waals surface area contributed by atoms with Gasteiger partial charge in [0.15, 0.2) is 0 Å². The van der Waals surface area contributed by atoms with Gasteiger partial charge in [0.25, 0.3) is 0 Å². The molecule has 0 bridgehead atoms. The lowest BCUT2D eigenvalue weighted by Crippen LogP contribution is -2.10. The van der Waals surface area contributed by atoms with E-state index in [1.165, 1.54) is 0 Å². The molecule has 1 heterocycles. The number of nitrogens with zero attached hydrogens (tertiary/aromatic N) is 2. The van der Waals surface area contributed by atoms with Gasteiger partial charge in [0.2, 0.25) is 0 Å². The van der Waals surface area contributed by atoms with Gasteiger partial charge in [-0.1, -0.05) is 51.1 Å². The van der Waals surface area contributed by atoms with Gasteiger partial charge in [-0.2, -0.15) is 0 Å². The number of nitrogens with one attached hydrogen (secondary N) is 1. The number of aryl methyl sites for hydroxylation is 2. The van der Waals surface area contributed by atoms with Crippen LogP contribution in [0.2, 0.25) is 0 Å². The van der Waals surface area contributed by atoms with Crippen LogP contribution < -0.4 is 5.32 Å². The predicted molar refractivity (Wildman–Crippen MR) is 103 cm³/mol. The molecule has 2 aromatic rings. The van der Waals surface area contributed by atoms with Crippen molar-refractivity contribution in [1.29, 1.82) is 0 Å². The molecule has 25 heavy (non-hydrogen) atoms. The molecule has 0 saturated heterocycles. The topological polar surface area (TPSA) is 37.8 Å². The van der Waals surface area contributed by atoms with Gasteiger partial charge < -0.3 is 5.32 Å². The minimum absolute atomic E-state index is 0.176. The van der Waals surface area contributed by atoms with Gasteiger partial charge in [-0.15, -0.1) is 0 Å². The first kappa shape index (κ1) is 19.1. The second-order valence-corrected chi connectivity index (χ2v) is 6.42. The fraction of sp³-hybridized carbons (Fsp3) is 0.429. The van der Waals surface area contributed by atoms with Crippen molar-refractivity contribution < 1.29 is 4.39 Å². The molecule has 4 heteroatoms. The van der Waals surface area contributed by atoms with Gasteiger partial charge in [0, 0.05) is 6.54 Å². The number of allylic oxidation sites excluding steroid dienone is 1. The Kier molecular flexibility index (Phi) is 6.68. The second-order valence-electron chi connectivity index (χ2n) is 6.42. The lowest BCUT2D eigenvalue weighted by Gasteiger charge is -2.18. The third-order valence-electron chi connectivity index (χ3n) is 4.59. The van der Waals surface area contributed by atoms with E-state index in [1.54, 1.807) is 0 Å². The maximum absolute atomic E-state index is 15.4. The summed E-state index contributed by atoms with van der Waals surface area (Å²) in [6, 6.07) is 10.0. The third kappa shape index (κ3) is 4.65. The molecule has 1 aromatic heterocycles. The zero-order chi connectivity index (χ0) is 18.4. The summed E-state index contributed by atoms with van der Waals surface area (Å²) >= 11 is 0. The Balaban J connectivity index is 2.44. The number of anilines is 1. The van der Waals surface area contributed by atoms with E-state index in [1.807, 2.05) is 51.1 Å². The van der Waals surface area contributed by atoms with Crippen LogP contribution in [-0.4, -0.2) is 9.97 Å². The standard InChI is InChI=1S/C21H28FN3/c1-6-14(3)18(7-2)20(22)19-15(4)24-16(5)25-21(19)23-13-17-11-9-8-10-12-17/h8-12,14H,6-7,13H2,1-5H3,(H,23,24,25)/b20-18+. The molecule has 134 valence electrons. The average Bonchev–Trinajstić information content (AvgIpc) is 2.60. The third-order valence-corrected chi connectivity index (χ3v) is 4.59. The molecule has 2 rings (SSSR count). The predicted octanol–water partition coefficient (Wildman–Crippen LogP) is 5.84. The molecule has 0 aliphatic heterocycles. The van der Waals surface area contributed by atoms with Gasteiger partial charge in [-0.05, 0) is 43.7 Å². The molecule has 3 nitrogen and oxygen atoms in total. The fourth-order valence-electron chi connectivity index (χ4n) is 3.01. The summed E-state index contributed by atoms with van der Waals surface area (Å²) in [5.74, 6) is 1.24. The second kappa shape index (κ2) is 8.75. The molecule has 0 radical (unpaired) electrons. The fourth-order valence-corrected chi connectivity index (χ4v) is 3.01. The lowest BCUT2D eigenvalue weighted by molar-refractivity contribution is 0.610. The maximum atomic E-state index is 15.4. The summed E-state index contributed by atoms with van der Waals surface area (Å²) in [5.41, 5.74) is 3.14. The molecule has 0 saturated carbocycles. The molecule has 0 spiro atoms. The van der Waals surface area contributed by atoms with Crippen LogP contribution in [0.25, 0.3) is 5.83 Å². The molecular weight excluding hydrogens is 313 g/mol. The van der Waals surface area contributed by atoms with Crippen LogP contribution in [-0.2, 0) is 6.54 Å². The number of halogens is 1. The van der Waals surface area contributed by atoms with Crippen LogP contribution in [0.4, 0.5) is 10.2 Å². The van der Waals surface area contributed by atoms with Gasteiger partial charge in [0.05, 0.1) is 11.3 Å². The highest BCUT2D eigenvalue weighted by Crippen LogP contribution is 2.34. The molecular formula is C21H28FN3. The van der Waals surface area contributed by atoms with E-state index in [2.05, 4.69) is 29.1 Å². The zero-order valence-corrected chi connectivity index (χ0v) is 15.9. The van der Waals surface area contributed by atoms with Crippen LogP contribution in [0.5, 0.6) is 0 Å². The van der Waals surface area contributed by atoms with Crippen molar-refractivity contribution in [3.63, 3.8) is 0 Å². The molecule has 0 amide bonds. The maximum Gasteiger partial charge on any atom is 0.140 e. The molecule has 1 unspecified atom stereocenters. The Morgan fingerprint density at radius 1 is 1.12 bits per heavy atom. The smallest absolute Gasteiger partial charge is 0.140 e. The normalized spacial score (nSPS) is 13.4. The summed E-state index contributed by atoms with van der Waals surface area (Å²) in [6.45, 7) is 10.4. The molecule has 1 aromatic carbocycles. The first-order valence-electron chi connectivity index (χ1n) is 8.99. The van der Waals surface area contributed by atoms with Crippen LogP contribution in [0.15, 0.2) is 35.9 Å². The van der Waals surface area contributed by atoms with Crippen LogP contribution in [0.3, 0.4) is 0 Å².